The fraction of sp³-hybridized carbons (Fsp3) is 0.0909. The van der Waals surface area contributed by atoms with Gasteiger partial charge in [-0.1, -0.05) is 12.1 Å². The van der Waals surface area contributed by atoms with Crippen molar-refractivity contribution in [3.05, 3.63) is 34.7 Å². The third-order valence-electron chi connectivity index (χ3n) is 2.33. The van der Waals surface area contributed by atoms with Crippen LogP contribution in [0.15, 0.2) is 24.3 Å². The third kappa shape index (κ3) is 2.53. The molecule has 8 heteroatoms. The summed E-state index contributed by atoms with van der Waals surface area (Å²) >= 11 is 0.512. The van der Waals surface area contributed by atoms with Crippen molar-refractivity contribution in [2.24, 2.45) is 0 Å². The van der Waals surface area contributed by atoms with Gasteiger partial charge in [-0.2, -0.15) is 17.5 Å². The normalized spacial score (nSPS) is 11.5. The van der Waals surface area contributed by atoms with E-state index in [1.165, 1.54) is 6.07 Å². The lowest BCUT2D eigenvalue weighted by Gasteiger charge is -2.07. The summed E-state index contributed by atoms with van der Waals surface area (Å²) in [5, 5.41) is 18.4. The number of rotatable bonds is 2. The Morgan fingerprint density at radius 1 is 1.32 bits per heavy atom. The zero-order chi connectivity index (χ0) is 14.2. The van der Waals surface area contributed by atoms with Crippen LogP contribution in [0.1, 0.15) is 15.2 Å². The Morgan fingerprint density at radius 2 is 2.00 bits per heavy atom. The van der Waals surface area contributed by atoms with Crippen molar-refractivity contribution in [1.82, 2.24) is 4.37 Å². The van der Waals surface area contributed by atoms with Gasteiger partial charge in [-0.3, -0.25) is 0 Å². The van der Waals surface area contributed by atoms with Crippen molar-refractivity contribution in [2.75, 3.05) is 0 Å². The molecule has 0 spiro atoms. The van der Waals surface area contributed by atoms with Crippen LogP contribution in [0.4, 0.5) is 13.2 Å². The lowest BCUT2D eigenvalue weighted by molar-refractivity contribution is -0.137. The predicted molar refractivity (Wildman–Crippen MR) is 61.2 cm³/mol. The molecule has 0 aliphatic rings. The van der Waals surface area contributed by atoms with Gasteiger partial charge in [0.05, 0.1) is 5.56 Å². The number of carboxylic acids is 1. The first kappa shape index (κ1) is 13.3. The first-order valence-electron chi connectivity index (χ1n) is 4.90. The average molecular weight is 289 g/mol. The Morgan fingerprint density at radius 3 is 2.53 bits per heavy atom. The fourth-order valence-corrected chi connectivity index (χ4v) is 2.09. The summed E-state index contributed by atoms with van der Waals surface area (Å²) in [5.74, 6) is -2.01. The zero-order valence-corrected chi connectivity index (χ0v) is 9.92. The second kappa shape index (κ2) is 4.54. The van der Waals surface area contributed by atoms with Crippen LogP contribution in [-0.2, 0) is 6.18 Å². The summed E-state index contributed by atoms with van der Waals surface area (Å²) in [4.78, 5) is 10.3. The second-order valence-electron chi connectivity index (χ2n) is 3.59. The molecule has 0 amide bonds. The first-order valence-corrected chi connectivity index (χ1v) is 5.67. The molecule has 0 aliphatic carbocycles. The largest absolute Gasteiger partial charge is 0.504 e. The standard InChI is InChI=1S/C11H6F3NO3S/c12-11(13,14)6-3-1-2-5(4-6)7-8(16)9(10(17)18)19-15-7/h1-4,16H,(H,17,18). The second-order valence-corrected chi connectivity index (χ2v) is 4.37. The Bertz CT molecular complexity index is 636. The van der Waals surface area contributed by atoms with Gasteiger partial charge in [-0.25, -0.2) is 4.79 Å². The van der Waals surface area contributed by atoms with E-state index in [4.69, 9.17) is 5.11 Å². The Labute approximate surface area is 108 Å². The molecule has 0 saturated carbocycles. The number of halogens is 3. The van der Waals surface area contributed by atoms with Gasteiger partial charge < -0.3 is 10.2 Å². The van der Waals surface area contributed by atoms with Crippen LogP contribution in [0.2, 0.25) is 0 Å². The number of hydrogen-bond acceptors (Lipinski definition) is 4. The van der Waals surface area contributed by atoms with E-state index in [1.807, 2.05) is 0 Å². The maximum absolute atomic E-state index is 12.5. The number of hydrogen-bond donors (Lipinski definition) is 2. The van der Waals surface area contributed by atoms with Crippen molar-refractivity contribution >= 4 is 17.5 Å². The van der Waals surface area contributed by atoms with Gasteiger partial charge in [-0.05, 0) is 23.7 Å². The van der Waals surface area contributed by atoms with Crippen LogP contribution in [0.25, 0.3) is 11.3 Å². The molecule has 1 aromatic heterocycles. The molecule has 0 bridgehead atoms. The highest BCUT2D eigenvalue weighted by Crippen LogP contribution is 2.37. The lowest BCUT2D eigenvalue weighted by atomic mass is 10.1. The van der Waals surface area contributed by atoms with Crippen LogP contribution >= 0.6 is 11.5 Å². The molecule has 0 aliphatic heterocycles. The first-order chi connectivity index (χ1) is 8.80. The van der Waals surface area contributed by atoms with E-state index in [0.717, 1.165) is 18.2 Å². The topological polar surface area (TPSA) is 70.4 Å². The SMILES string of the molecule is O=C(O)c1snc(-c2cccc(C(F)(F)F)c2)c1O. The van der Waals surface area contributed by atoms with E-state index in [1.54, 1.807) is 0 Å². The number of nitrogens with zero attached hydrogens (tertiary/aromatic N) is 1. The van der Waals surface area contributed by atoms with Crippen LogP contribution in [0.5, 0.6) is 5.75 Å². The number of carbonyl (C=O) groups is 1. The van der Waals surface area contributed by atoms with Crippen molar-refractivity contribution in [3.8, 4) is 17.0 Å². The number of carboxylic acid groups (broad SMARTS) is 1. The van der Waals surface area contributed by atoms with Crippen molar-refractivity contribution in [3.63, 3.8) is 0 Å². The fourth-order valence-electron chi connectivity index (χ4n) is 1.46. The average Bonchev–Trinajstić information content (AvgIpc) is 2.70. The van der Waals surface area contributed by atoms with Gasteiger partial charge in [0.15, 0.2) is 10.6 Å². The summed E-state index contributed by atoms with van der Waals surface area (Å²) in [6.07, 6.45) is -4.52. The molecule has 2 N–H and O–H groups in total. The molecule has 2 aromatic rings. The van der Waals surface area contributed by atoms with Crippen LogP contribution in [-0.4, -0.2) is 20.6 Å². The van der Waals surface area contributed by atoms with Gasteiger partial charge in [0, 0.05) is 5.56 Å². The maximum Gasteiger partial charge on any atom is 0.416 e. The maximum atomic E-state index is 12.5. The van der Waals surface area contributed by atoms with Gasteiger partial charge in [0.2, 0.25) is 0 Å². The predicted octanol–water partition coefficient (Wildman–Crippen LogP) is 3.23. The third-order valence-corrected chi connectivity index (χ3v) is 3.15. The summed E-state index contributed by atoms with van der Waals surface area (Å²) < 4.78 is 41.3. The molecule has 4 nitrogen and oxygen atoms in total. The molecule has 19 heavy (non-hydrogen) atoms. The van der Waals surface area contributed by atoms with E-state index in [9.17, 15) is 23.1 Å². The Balaban J connectivity index is 2.51. The highest BCUT2D eigenvalue weighted by Gasteiger charge is 2.31. The number of benzene rings is 1. The van der Waals surface area contributed by atoms with E-state index in [2.05, 4.69) is 4.37 Å². The zero-order valence-electron chi connectivity index (χ0n) is 9.10. The molecule has 2 rings (SSSR count). The highest BCUT2D eigenvalue weighted by molar-refractivity contribution is 7.08. The van der Waals surface area contributed by atoms with Gasteiger partial charge in [-0.15, -0.1) is 0 Å². The summed E-state index contributed by atoms with van der Waals surface area (Å²) in [6, 6.07) is 4.17. The van der Waals surface area contributed by atoms with Crippen molar-refractivity contribution < 1.29 is 28.2 Å². The molecule has 0 atom stereocenters. The summed E-state index contributed by atoms with van der Waals surface area (Å²) in [6.45, 7) is 0. The molecular formula is C11H6F3NO3S. The number of aromatic hydroxyl groups is 1. The van der Waals surface area contributed by atoms with E-state index in [0.29, 0.717) is 11.5 Å². The van der Waals surface area contributed by atoms with Gasteiger partial charge in [0.25, 0.3) is 0 Å². The van der Waals surface area contributed by atoms with E-state index >= 15 is 0 Å². The molecule has 0 unspecified atom stereocenters. The van der Waals surface area contributed by atoms with E-state index in [-0.39, 0.29) is 11.3 Å². The molecule has 0 radical (unpaired) electrons. The van der Waals surface area contributed by atoms with Crippen molar-refractivity contribution in [1.29, 1.82) is 0 Å². The molecule has 1 heterocycles. The summed E-state index contributed by atoms with van der Waals surface area (Å²) in [5.41, 5.74) is -1.06. The molecule has 0 fully saturated rings. The van der Waals surface area contributed by atoms with Crippen LogP contribution in [0.3, 0.4) is 0 Å². The smallest absolute Gasteiger partial charge is 0.416 e. The monoisotopic (exact) mass is 289 g/mol. The van der Waals surface area contributed by atoms with Crippen LogP contribution < -0.4 is 0 Å². The van der Waals surface area contributed by atoms with Crippen molar-refractivity contribution in [2.45, 2.75) is 6.18 Å². The van der Waals surface area contributed by atoms with Gasteiger partial charge >= 0.3 is 12.1 Å². The minimum absolute atomic E-state index is 0.0103. The van der Waals surface area contributed by atoms with Crippen LogP contribution in [0, 0.1) is 0 Å². The summed E-state index contributed by atoms with van der Waals surface area (Å²) in [7, 11) is 0. The van der Waals surface area contributed by atoms with Gasteiger partial charge in [0.1, 0.15) is 5.69 Å². The van der Waals surface area contributed by atoms with E-state index < -0.39 is 28.3 Å². The molecule has 0 saturated heterocycles. The quantitative estimate of drug-likeness (QED) is 0.890. The molecule has 1 aromatic carbocycles. The lowest BCUT2D eigenvalue weighted by Crippen LogP contribution is -2.04. The molecule has 100 valence electrons. The highest BCUT2D eigenvalue weighted by atomic mass is 32.1. The number of aromatic nitrogens is 1. The Hall–Kier alpha value is -2.09. The number of aromatic carboxylic acids is 1. The minimum Gasteiger partial charge on any atom is -0.504 e. The molecular weight excluding hydrogens is 283 g/mol. The number of alkyl halides is 3. The minimum atomic E-state index is -4.52. The Kier molecular flexibility index (Phi) is 3.19.